The molecule has 2 atom stereocenters. The number of carboxylic acid groups (broad SMARTS) is 2. The van der Waals surface area contributed by atoms with E-state index in [2.05, 4.69) is 6.92 Å². The van der Waals surface area contributed by atoms with E-state index in [1.165, 1.54) is 0 Å². The molecule has 158 valence electrons. The molecule has 0 fully saturated rings. The summed E-state index contributed by atoms with van der Waals surface area (Å²) in [6.07, 6.45) is 4.03. The first kappa shape index (κ1) is 24.0. The van der Waals surface area contributed by atoms with Crippen molar-refractivity contribution >= 4 is 11.9 Å². The van der Waals surface area contributed by atoms with Crippen LogP contribution in [0.5, 0.6) is 5.75 Å². The number of carboxylic acids is 2. The number of carbonyl (C=O) groups is 2. The summed E-state index contributed by atoms with van der Waals surface area (Å²) in [5.41, 5.74) is 1.16. The summed E-state index contributed by atoms with van der Waals surface area (Å²) in [5, 5.41) is 19.6. The molecule has 0 bridgehead atoms. The Balaban J connectivity index is 3.35. The molecule has 2 N–H and O–H groups in total. The lowest BCUT2D eigenvalue weighted by Gasteiger charge is -2.24. The summed E-state index contributed by atoms with van der Waals surface area (Å²) < 4.78 is 5.82. The highest BCUT2D eigenvalue weighted by Gasteiger charge is 2.30. The molecule has 0 spiro atoms. The molecule has 0 saturated heterocycles. The van der Waals surface area contributed by atoms with Crippen LogP contribution in [0.2, 0.25) is 0 Å². The van der Waals surface area contributed by atoms with Crippen molar-refractivity contribution in [2.75, 3.05) is 6.61 Å². The summed E-state index contributed by atoms with van der Waals surface area (Å²) in [6, 6.07) is 5.27. The van der Waals surface area contributed by atoms with Crippen molar-refractivity contribution in [2.24, 2.45) is 11.8 Å². The van der Waals surface area contributed by atoms with E-state index in [0.29, 0.717) is 36.3 Å². The summed E-state index contributed by atoms with van der Waals surface area (Å²) in [6.45, 7) is 10.6. The largest absolute Gasteiger partial charge is 0.494 e. The van der Waals surface area contributed by atoms with Crippen molar-refractivity contribution in [3.8, 4) is 5.75 Å². The number of ether oxygens (including phenoxy) is 1. The molecule has 2 unspecified atom stereocenters. The minimum atomic E-state index is -0.924. The minimum Gasteiger partial charge on any atom is -0.494 e. The number of benzene rings is 1. The molecule has 0 aliphatic rings. The van der Waals surface area contributed by atoms with Gasteiger partial charge in [-0.15, -0.1) is 0 Å². The lowest BCUT2D eigenvalue weighted by molar-refractivity contribution is -0.140. The molecule has 5 nitrogen and oxygen atoms in total. The number of hydrogen-bond acceptors (Lipinski definition) is 3. The van der Waals surface area contributed by atoms with Gasteiger partial charge in [-0.1, -0.05) is 53.5 Å². The first-order chi connectivity index (χ1) is 13.2. The molecule has 1 rings (SSSR count). The van der Waals surface area contributed by atoms with E-state index in [1.807, 2.05) is 27.7 Å². The van der Waals surface area contributed by atoms with Gasteiger partial charge >= 0.3 is 11.9 Å². The molecule has 0 aliphatic heterocycles. The maximum atomic E-state index is 12.0. The van der Waals surface area contributed by atoms with Crippen LogP contribution in [0.1, 0.15) is 89.7 Å². The van der Waals surface area contributed by atoms with E-state index in [9.17, 15) is 19.8 Å². The molecular formula is C23H36O5. The topological polar surface area (TPSA) is 83.8 Å². The van der Waals surface area contributed by atoms with Crippen molar-refractivity contribution in [1.29, 1.82) is 0 Å². The highest BCUT2D eigenvalue weighted by Crippen LogP contribution is 2.36. The van der Waals surface area contributed by atoms with Crippen molar-refractivity contribution in [3.63, 3.8) is 0 Å². The SMILES string of the molecule is CCCCCOc1ccc(C(CC(C)C)C(=O)O)c(C(CC(C)C)C(=O)O)c1. The van der Waals surface area contributed by atoms with Crippen LogP contribution < -0.4 is 4.74 Å². The Hall–Kier alpha value is -2.04. The Morgan fingerprint density at radius 1 is 0.893 bits per heavy atom. The first-order valence-corrected chi connectivity index (χ1v) is 10.4. The molecule has 28 heavy (non-hydrogen) atoms. The molecule has 0 aromatic heterocycles. The van der Waals surface area contributed by atoms with Crippen molar-refractivity contribution in [1.82, 2.24) is 0 Å². The molecule has 1 aromatic rings. The fraction of sp³-hybridized carbons (Fsp3) is 0.652. The normalized spacial score (nSPS) is 13.5. The quantitative estimate of drug-likeness (QED) is 0.422. The van der Waals surface area contributed by atoms with Gasteiger partial charge < -0.3 is 14.9 Å². The Bertz CT molecular complexity index is 636. The van der Waals surface area contributed by atoms with Gasteiger partial charge in [0.15, 0.2) is 0 Å². The fourth-order valence-electron chi connectivity index (χ4n) is 3.47. The number of aliphatic carboxylic acids is 2. The molecule has 0 heterocycles. The highest BCUT2D eigenvalue weighted by atomic mass is 16.5. The van der Waals surface area contributed by atoms with Gasteiger partial charge in [0.2, 0.25) is 0 Å². The Morgan fingerprint density at radius 2 is 1.43 bits per heavy atom. The third-order valence-corrected chi connectivity index (χ3v) is 4.84. The molecular weight excluding hydrogens is 356 g/mol. The second-order valence-corrected chi connectivity index (χ2v) is 8.39. The maximum Gasteiger partial charge on any atom is 0.310 e. The van der Waals surface area contributed by atoms with Crippen LogP contribution in [0.15, 0.2) is 18.2 Å². The van der Waals surface area contributed by atoms with E-state index in [0.717, 1.165) is 19.3 Å². The zero-order chi connectivity index (χ0) is 21.3. The van der Waals surface area contributed by atoms with E-state index in [4.69, 9.17) is 4.74 Å². The van der Waals surface area contributed by atoms with Gasteiger partial charge in [-0.05, 0) is 54.4 Å². The first-order valence-electron chi connectivity index (χ1n) is 10.4. The zero-order valence-electron chi connectivity index (χ0n) is 17.9. The van der Waals surface area contributed by atoms with Gasteiger partial charge in [0.25, 0.3) is 0 Å². The molecule has 0 radical (unpaired) electrons. The number of unbranched alkanes of at least 4 members (excludes halogenated alkanes) is 2. The average molecular weight is 393 g/mol. The Morgan fingerprint density at radius 3 is 1.89 bits per heavy atom. The Labute approximate surface area is 169 Å². The van der Waals surface area contributed by atoms with Gasteiger partial charge in [-0.25, -0.2) is 0 Å². The second-order valence-electron chi connectivity index (χ2n) is 8.39. The molecule has 0 saturated carbocycles. The number of hydrogen-bond donors (Lipinski definition) is 2. The van der Waals surface area contributed by atoms with Gasteiger partial charge in [-0.3, -0.25) is 9.59 Å². The average Bonchev–Trinajstić information content (AvgIpc) is 2.60. The van der Waals surface area contributed by atoms with Crippen LogP contribution in [0.25, 0.3) is 0 Å². The second kappa shape index (κ2) is 11.7. The van der Waals surface area contributed by atoms with Gasteiger partial charge in [0.05, 0.1) is 18.4 Å². The van der Waals surface area contributed by atoms with Crippen LogP contribution in [-0.4, -0.2) is 28.8 Å². The van der Waals surface area contributed by atoms with E-state index in [-0.39, 0.29) is 11.8 Å². The summed E-state index contributed by atoms with van der Waals surface area (Å²) in [7, 11) is 0. The lowest BCUT2D eigenvalue weighted by Crippen LogP contribution is -2.21. The van der Waals surface area contributed by atoms with E-state index < -0.39 is 23.8 Å². The van der Waals surface area contributed by atoms with Crippen LogP contribution in [-0.2, 0) is 9.59 Å². The molecule has 0 aliphatic carbocycles. The van der Waals surface area contributed by atoms with Gasteiger partial charge in [0.1, 0.15) is 5.75 Å². The van der Waals surface area contributed by atoms with Crippen LogP contribution in [0, 0.1) is 11.8 Å². The predicted octanol–water partition coefficient (Wildman–Crippen LogP) is 5.68. The third kappa shape index (κ3) is 7.53. The monoisotopic (exact) mass is 392 g/mol. The van der Waals surface area contributed by atoms with E-state index in [1.54, 1.807) is 18.2 Å². The third-order valence-electron chi connectivity index (χ3n) is 4.84. The van der Waals surface area contributed by atoms with Crippen molar-refractivity contribution in [3.05, 3.63) is 29.3 Å². The number of rotatable bonds is 13. The highest BCUT2D eigenvalue weighted by molar-refractivity contribution is 5.81. The maximum absolute atomic E-state index is 12.0. The van der Waals surface area contributed by atoms with Gasteiger partial charge in [-0.2, -0.15) is 0 Å². The summed E-state index contributed by atoms with van der Waals surface area (Å²) in [4.78, 5) is 24.0. The van der Waals surface area contributed by atoms with Gasteiger partial charge in [0, 0.05) is 0 Å². The van der Waals surface area contributed by atoms with Crippen molar-refractivity contribution in [2.45, 2.75) is 78.6 Å². The van der Waals surface area contributed by atoms with Crippen LogP contribution >= 0.6 is 0 Å². The standard InChI is InChI=1S/C23H36O5/c1-6-7-8-11-28-17-9-10-18(20(22(24)25)12-15(2)3)19(14-17)21(23(26)27)13-16(4)5/h9-10,14-16,20-21H,6-8,11-13H2,1-5H3,(H,24,25)(H,26,27). The Kier molecular flexibility index (Phi) is 10.0. The lowest BCUT2D eigenvalue weighted by atomic mass is 9.81. The summed E-state index contributed by atoms with van der Waals surface area (Å²) >= 11 is 0. The van der Waals surface area contributed by atoms with Crippen LogP contribution in [0.3, 0.4) is 0 Å². The fourth-order valence-corrected chi connectivity index (χ4v) is 3.47. The zero-order valence-corrected chi connectivity index (χ0v) is 17.9. The van der Waals surface area contributed by atoms with Crippen LogP contribution in [0.4, 0.5) is 0 Å². The predicted molar refractivity (Wildman–Crippen MR) is 111 cm³/mol. The molecule has 0 amide bonds. The smallest absolute Gasteiger partial charge is 0.310 e. The van der Waals surface area contributed by atoms with E-state index >= 15 is 0 Å². The minimum absolute atomic E-state index is 0.177. The molecule has 1 aromatic carbocycles. The molecule has 5 heteroatoms. The summed E-state index contributed by atoms with van der Waals surface area (Å²) in [5.74, 6) is -2.34. The van der Waals surface area contributed by atoms with Crippen molar-refractivity contribution < 1.29 is 24.5 Å².